The average molecular weight is 503 g/mol. The summed E-state index contributed by atoms with van der Waals surface area (Å²) in [5, 5.41) is 14.9. The monoisotopic (exact) mass is 502 g/mol. The highest BCUT2D eigenvalue weighted by Gasteiger charge is 2.39. The first-order valence-electron chi connectivity index (χ1n) is 12.0. The maximum absolute atomic E-state index is 13.6. The summed E-state index contributed by atoms with van der Waals surface area (Å²) in [5.74, 6) is -2.73. The molecule has 36 heavy (non-hydrogen) atoms. The highest BCUT2D eigenvalue weighted by Crippen LogP contribution is 2.20. The normalized spacial score (nSPS) is 18.8. The summed E-state index contributed by atoms with van der Waals surface area (Å²) in [4.78, 5) is 66.2. The number of nitrogens with one attached hydrogen (secondary N) is 4. The van der Waals surface area contributed by atoms with Crippen LogP contribution in [-0.4, -0.2) is 84.3 Å². The number of carbonyl (C=O) groups is 4. The molecule has 0 aromatic carbocycles. The SMILES string of the molecule is CCC(C)C(N)C(=O)NC(Cc1cnc[nH]1)C(=O)N1CCCC1C(=O)NC(Cc1cnc[nH]1)C(=O)O. The zero-order valence-electron chi connectivity index (χ0n) is 20.4. The Kier molecular flexibility index (Phi) is 9.17. The third-order valence-corrected chi connectivity index (χ3v) is 6.59. The van der Waals surface area contributed by atoms with E-state index < -0.39 is 47.9 Å². The first kappa shape index (κ1) is 26.9. The molecule has 1 saturated heterocycles. The number of aromatic amines is 2. The predicted molar refractivity (Wildman–Crippen MR) is 128 cm³/mol. The van der Waals surface area contributed by atoms with Crippen LogP contribution in [0.25, 0.3) is 0 Å². The first-order valence-corrected chi connectivity index (χ1v) is 12.0. The van der Waals surface area contributed by atoms with Crippen molar-refractivity contribution in [3.8, 4) is 0 Å². The van der Waals surface area contributed by atoms with E-state index in [1.165, 1.54) is 23.8 Å². The summed E-state index contributed by atoms with van der Waals surface area (Å²) >= 11 is 0. The Morgan fingerprint density at radius 2 is 1.72 bits per heavy atom. The Morgan fingerprint density at radius 1 is 1.11 bits per heavy atom. The van der Waals surface area contributed by atoms with Gasteiger partial charge in [-0.2, -0.15) is 0 Å². The summed E-state index contributed by atoms with van der Waals surface area (Å²) in [5.41, 5.74) is 7.27. The number of H-pyrrole nitrogens is 2. The molecular weight excluding hydrogens is 468 g/mol. The second kappa shape index (κ2) is 12.3. The quantitative estimate of drug-likeness (QED) is 0.219. The molecular formula is C23H34N8O5. The standard InChI is InChI=1S/C23H34N8O5/c1-3-13(2)19(24)21(33)29-16(7-14-9-25-11-27-14)22(34)31-6-4-5-18(31)20(32)30-17(23(35)36)8-15-10-26-12-28-15/h9-13,16-19H,3-8,24H2,1-2H3,(H,25,27)(H,26,28)(H,29,33)(H,30,32)(H,35,36). The minimum Gasteiger partial charge on any atom is -0.480 e. The maximum Gasteiger partial charge on any atom is 0.326 e. The fourth-order valence-electron chi connectivity index (χ4n) is 4.18. The Balaban J connectivity index is 1.73. The number of hydrogen-bond donors (Lipinski definition) is 6. The van der Waals surface area contributed by atoms with Gasteiger partial charge in [0, 0.05) is 43.2 Å². The van der Waals surface area contributed by atoms with Crippen LogP contribution in [0.5, 0.6) is 0 Å². The number of aliphatic carboxylic acids is 1. The van der Waals surface area contributed by atoms with Gasteiger partial charge in [-0.3, -0.25) is 14.4 Å². The number of rotatable bonds is 12. The minimum absolute atomic E-state index is 0.0216. The van der Waals surface area contributed by atoms with Crippen LogP contribution in [0.3, 0.4) is 0 Å². The minimum atomic E-state index is -1.20. The van der Waals surface area contributed by atoms with Crippen LogP contribution >= 0.6 is 0 Å². The Hall–Kier alpha value is -3.74. The zero-order chi connectivity index (χ0) is 26.2. The molecule has 13 nitrogen and oxygen atoms in total. The second-order valence-electron chi connectivity index (χ2n) is 9.12. The molecule has 1 fully saturated rings. The molecule has 2 aromatic heterocycles. The number of amides is 3. The first-order chi connectivity index (χ1) is 17.2. The van der Waals surface area contributed by atoms with Crippen LogP contribution < -0.4 is 16.4 Å². The molecule has 13 heteroatoms. The van der Waals surface area contributed by atoms with Gasteiger partial charge in [0.2, 0.25) is 17.7 Å². The molecule has 0 spiro atoms. The van der Waals surface area contributed by atoms with Gasteiger partial charge in [-0.25, -0.2) is 14.8 Å². The van der Waals surface area contributed by atoms with Gasteiger partial charge in [0.15, 0.2) is 0 Å². The summed E-state index contributed by atoms with van der Waals surface area (Å²) < 4.78 is 0. The van der Waals surface area contributed by atoms with Gasteiger partial charge in [-0.15, -0.1) is 0 Å². The van der Waals surface area contributed by atoms with Crippen molar-refractivity contribution >= 4 is 23.7 Å². The molecule has 2 aromatic rings. The van der Waals surface area contributed by atoms with E-state index in [0.29, 0.717) is 37.2 Å². The van der Waals surface area contributed by atoms with Crippen molar-refractivity contribution in [2.45, 2.75) is 70.1 Å². The van der Waals surface area contributed by atoms with E-state index in [9.17, 15) is 24.3 Å². The largest absolute Gasteiger partial charge is 0.480 e. The van der Waals surface area contributed by atoms with Gasteiger partial charge >= 0.3 is 5.97 Å². The number of carbonyl (C=O) groups excluding carboxylic acids is 3. The van der Waals surface area contributed by atoms with E-state index in [0.717, 1.165) is 0 Å². The fraction of sp³-hybridized carbons (Fsp3) is 0.565. The van der Waals surface area contributed by atoms with Crippen molar-refractivity contribution in [2.75, 3.05) is 6.54 Å². The molecule has 0 saturated carbocycles. The molecule has 5 unspecified atom stereocenters. The van der Waals surface area contributed by atoms with Gasteiger partial charge in [0.1, 0.15) is 18.1 Å². The molecule has 0 bridgehead atoms. The number of nitrogens with two attached hydrogens (primary N) is 1. The van der Waals surface area contributed by atoms with Crippen molar-refractivity contribution < 1.29 is 24.3 Å². The molecule has 5 atom stereocenters. The third kappa shape index (κ3) is 6.68. The fourth-order valence-corrected chi connectivity index (χ4v) is 4.18. The summed E-state index contributed by atoms with van der Waals surface area (Å²) in [6, 6.07) is -3.81. The summed E-state index contributed by atoms with van der Waals surface area (Å²) in [6.07, 6.45) is 7.75. The van der Waals surface area contributed by atoms with Crippen molar-refractivity contribution in [1.82, 2.24) is 35.5 Å². The topological polar surface area (TPSA) is 199 Å². The van der Waals surface area contributed by atoms with Crippen LogP contribution in [0.15, 0.2) is 25.0 Å². The van der Waals surface area contributed by atoms with Gasteiger partial charge < -0.3 is 36.3 Å². The van der Waals surface area contributed by atoms with Gasteiger partial charge in [-0.05, 0) is 18.8 Å². The molecule has 3 rings (SSSR count). The molecule has 7 N–H and O–H groups in total. The molecule has 0 aliphatic carbocycles. The highest BCUT2D eigenvalue weighted by atomic mass is 16.4. The lowest BCUT2D eigenvalue weighted by Gasteiger charge is -2.30. The van der Waals surface area contributed by atoms with Crippen molar-refractivity contribution in [1.29, 1.82) is 0 Å². The van der Waals surface area contributed by atoms with Gasteiger partial charge in [0.05, 0.1) is 18.7 Å². The number of aromatic nitrogens is 4. The maximum atomic E-state index is 13.6. The van der Waals surface area contributed by atoms with E-state index in [1.807, 2.05) is 13.8 Å². The lowest BCUT2D eigenvalue weighted by Crippen LogP contribution is -2.58. The van der Waals surface area contributed by atoms with Crippen molar-refractivity contribution in [3.05, 3.63) is 36.4 Å². The van der Waals surface area contributed by atoms with Crippen LogP contribution in [-0.2, 0) is 32.0 Å². The van der Waals surface area contributed by atoms with Crippen LogP contribution in [0.1, 0.15) is 44.5 Å². The molecule has 3 heterocycles. The summed E-state index contributed by atoms with van der Waals surface area (Å²) in [7, 11) is 0. The third-order valence-electron chi connectivity index (χ3n) is 6.59. The van der Waals surface area contributed by atoms with Crippen molar-refractivity contribution in [3.63, 3.8) is 0 Å². The van der Waals surface area contributed by atoms with E-state index in [1.54, 1.807) is 6.20 Å². The Labute approximate surface area is 208 Å². The highest BCUT2D eigenvalue weighted by molar-refractivity contribution is 5.94. The zero-order valence-corrected chi connectivity index (χ0v) is 20.4. The van der Waals surface area contributed by atoms with Crippen LogP contribution in [0, 0.1) is 5.92 Å². The second-order valence-corrected chi connectivity index (χ2v) is 9.12. The molecule has 1 aliphatic heterocycles. The van der Waals surface area contributed by atoms with E-state index >= 15 is 0 Å². The molecule has 1 aliphatic rings. The number of hydrogen-bond acceptors (Lipinski definition) is 7. The molecule has 3 amide bonds. The number of likely N-dealkylation sites (tertiary alicyclic amines) is 1. The summed E-state index contributed by atoms with van der Waals surface area (Å²) in [6.45, 7) is 4.09. The lowest BCUT2D eigenvalue weighted by atomic mass is 9.98. The Bertz CT molecular complexity index is 1030. The predicted octanol–water partition coefficient (Wildman–Crippen LogP) is -0.663. The van der Waals surface area contributed by atoms with Crippen LogP contribution in [0.4, 0.5) is 0 Å². The Morgan fingerprint density at radius 3 is 2.25 bits per heavy atom. The van der Waals surface area contributed by atoms with Crippen molar-refractivity contribution in [2.24, 2.45) is 11.7 Å². The number of carboxylic acids is 1. The molecule has 196 valence electrons. The van der Waals surface area contributed by atoms with Crippen LogP contribution in [0.2, 0.25) is 0 Å². The number of carboxylic acid groups (broad SMARTS) is 1. The van der Waals surface area contributed by atoms with Gasteiger partial charge in [-0.1, -0.05) is 20.3 Å². The smallest absolute Gasteiger partial charge is 0.326 e. The number of imidazole rings is 2. The van der Waals surface area contributed by atoms with E-state index in [2.05, 4.69) is 30.6 Å². The number of nitrogens with zero attached hydrogens (tertiary/aromatic N) is 3. The van der Waals surface area contributed by atoms with E-state index in [-0.39, 0.29) is 18.8 Å². The van der Waals surface area contributed by atoms with Gasteiger partial charge in [0.25, 0.3) is 0 Å². The average Bonchev–Trinajstić information content (AvgIpc) is 3.64. The molecule has 0 radical (unpaired) electrons. The lowest BCUT2D eigenvalue weighted by molar-refractivity contribution is -0.145. The van der Waals surface area contributed by atoms with E-state index in [4.69, 9.17) is 5.73 Å².